The predicted molar refractivity (Wildman–Crippen MR) is 110 cm³/mol. The first-order chi connectivity index (χ1) is 13.5. The molecule has 1 heterocycles. The van der Waals surface area contributed by atoms with Crippen molar-refractivity contribution in [3.63, 3.8) is 0 Å². The van der Waals surface area contributed by atoms with E-state index in [1.165, 1.54) is 5.56 Å². The van der Waals surface area contributed by atoms with Crippen LogP contribution < -0.4 is 10.6 Å². The van der Waals surface area contributed by atoms with E-state index in [2.05, 4.69) is 52.7 Å². The van der Waals surface area contributed by atoms with E-state index in [0.29, 0.717) is 28.8 Å². The highest BCUT2D eigenvalue weighted by Gasteiger charge is 2.13. The quantitative estimate of drug-likeness (QED) is 0.674. The van der Waals surface area contributed by atoms with Crippen LogP contribution in [0.2, 0.25) is 0 Å². The fraction of sp³-hybridized carbons (Fsp3) is 0.182. The van der Waals surface area contributed by atoms with Crippen LogP contribution in [0.5, 0.6) is 0 Å². The van der Waals surface area contributed by atoms with Crippen LogP contribution in [-0.2, 0) is 0 Å². The smallest absolute Gasteiger partial charge is 0.274 e. The molecule has 1 aromatic heterocycles. The highest BCUT2D eigenvalue weighted by molar-refractivity contribution is 6.04. The largest absolute Gasteiger partial charge is 0.340 e. The van der Waals surface area contributed by atoms with Gasteiger partial charge in [0.2, 0.25) is 0 Å². The monoisotopic (exact) mass is 371 g/mol. The molecule has 0 aliphatic carbocycles. The van der Waals surface area contributed by atoms with Gasteiger partial charge in [-0.2, -0.15) is 5.26 Å². The number of hydrogen-bond acceptors (Lipinski definition) is 5. The fourth-order valence-corrected chi connectivity index (χ4v) is 2.72. The Morgan fingerprint density at radius 2 is 1.79 bits per heavy atom. The van der Waals surface area contributed by atoms with Crippen molar-refractivity contribution in [2.24, 2.45) is 0 Å². The summed E-state index contributed by atoms with van der Waals surface area (Å²) in [5, 5.41) is 15.1. The predicted octanol–water partition coefficient (Wildman–Crippen LogP) is 4.78. The van der Waals surface area contributed by atoms with Gasteiger partial charge in [-0.1, -0.05) is 38.1 Å². The maximum absolute atomic E-state index is 12.6. The van der Waals surface area contributed by atoms with Crippen LogP contribution >= 0.6 is 0 Å². The normalized spacial score (nSPS) is 10.4. The molecule has 3 rings (SSSR count). The topological polar surface area (TPSA) is 90.7 Å². The SMILES string of the molecule is Cc1nc(Nc2ccc(C(C)C)cc2)cc(C(=O)Nc2ccccc2C#N)n1. The van der Waals surface area contributed by atoms with Crippen LogP contribution in [0, 0.1) is 18.3 Å². The second-order valence-electron chi connectivity index (χ2n) is 6.70. The van der Waals surface area contributed by atoms with Gasteiger partial charge in [-0.25, -0.2) is 9.97 Å². The number of nitrogens with zero attached hydrogens (tertiary/aromatic N) is 3. The lowest BCUT2D eigenvalue weighted by Crippen LogP contribution is -2.16. The average Bonchev–Trinajstić information content (AvgIpc) is 2.68. The summed E-state index contributed by atoms with van der Waals surface area (Å²) in [6.45, 7) is 6.02. The molecule has 0 aliphatic rings. The molecule has 2 aromatic carbocycles. The first-order valence-corrected chi connectivity index (χ1v) is 8.99. The van der Waals surface area contributed by atoms with Gasteiger partial charge in [0, 0.05) is 11.8 Å². The molecule has 1 amide bonds. The Morgan fingerprint density at radius 3 is 2.46 bits per heavy atom. The van der Waals surface area contributed by atoms with Crippen LogP contribution in [0.15, 0.2) is 54.6 Å². The lowest BCUT2D eigenvalue weighted by molar-refractivity contribution is 0.102. The third-order valence-corrected chi connectivity index (χ3v) is 4.22. The number of carbonyl (C=O) groups is 1. The lowest BCUT2D eigenvalue weighted by atomic mass is 10.0. The molecule has 0 fully saturated rings. The van der Waals surface area contributed by atoms with Gasteiger partial charge in [-0.3, -0.25) is 4.79 Å². The van der Waals surface area contributed by atoms with Crippen LogP contribution in [0.1, 0.15) is 47.2 Å². The van der Waals surface area contributed by atoms with Gasteiger partial charge in [0.05, 0.1) is 11.3 Å². The number of amides is 1. The van der Waals surface area contributed by atoms with Gasteiger partial charge in [0.1, 0.15) is 23.4 Å². The molecule has 0 aliphatic heterocycles. The van der Waals surface area contributed by atoms with Crippen molar-refractivity contribution in [2.45, 2.75) is 26.7 Å². The van der Waals surface area contributed by atoms with Crippen molar-refractivity contribution < 1.29 is 4.79 Å². The van der Waals surface area contributed by atoms with Gasteiger partial charge in [0.25, 0.3) is 5.91 Å². The number of benzene rings is 2. The Bertz CT molecular complexity index is 1040. The van der Waals surface area contributed by atoms with Crippen molar-refractivity contribution in [1.82, 2.24) is 9.97 Å². The van der Waals surface area contributed by atoms with E-state index in [0.717, 1.165) is 5.69 Å². The minimum absolute atomic E-state index is 0.224. The third-order valence-electron chi connectivity index (χ3n) is 4.22. The summed E-state index contributed by atoms with van der Waals surface area (Å²) in [6.07, 6.45) is 0. The zero-order valence-electron chi connectivity index (χ0n) is 16.0. The summed E-state index contributed by atoms with van der Waals surface area (Å²) in [4.78, 5) is 21.2. The number of para-hydroxylation sites is 1. The van der Waals surface area contributed by atoms with Crippen molar-refractivity contribution in [2.75, 3.05) is 10.6 Å². The second kappa shape index (κ2) is 8.31. The minimum Gasteiger partial charge on any atom is -0.340 e. The van der Waals surface area contributed by atoms with E-state index >= 15 is 0 Å². The average molecular weight is 371 g/mol. The molecule has 0 atom stereocenters. The number of aromatic nitrogens is 2. The van der Waals surface area contributed by atoms with Crippen molar-refractivity contribution in [3.05, 3.63) is 77.2 Å². The zero-order valence-corrected chi connectivity index (χ0v) is 16.0. The molecule has 28 heavy (non-hydrogen) atoms. The van der Waals surface area contributed by atoms with E-state index in [4.69, 9.17) is 0 Å². The summed E-state index contributed by atoms with van der Waals surface area (Å²) >= 11 is 0. The van der Waals surface area contributed by atoms with Gasteiger partial charge < -0.3 is 10.6 Å². The van der Waals surface area contributed by atoms with E-state index in [1.54, 1.807) is 37.3 Å². The Kier molecular flexibility index (Phi) is 5.66. The standard InChI is InChI=1S/C22H21N5O/c1-14(2)16-8-10-18(11-9-16)26-21-12-20(24-15(3)25-21)22(28)27-19-7-5-4-6-17(19)13-23/h4-12,14H,1-3H3,(H,27,28)(H,24,25,26). The van der Waals surface area contributed by atoms with E-state index in [-0.39, 0.29) is 5.69 Å². The van der Waals surface area contributed by atoms with Crippen LogP contribution in [-0.4, -0.2) is 15.9 Å². The van der Waals surface area contributed by atoms with Gasteiger partial charge >= 0.3 is 0 Å². The first-order valence-electron chi connectivity index (χ1n) is 8.99. The van der Waals surface area contributed by atoms with Gasteiger partial charge in [-0.05, 0) is 42.7 Å². The highest BCUT2D eigenvalue weighted by atomic mass is 16.1. The van der Waals surface area contributed by atoms with Crippen molar-refractivity contribution in [1.29, 1.82) is 5.26 Å². The number of nitrogens with one attached hydrogen (secondary N) is 2. The molecule has 0 spiro atoms. The Morgan fingerprint density at radius 1 is 1.07 bits per heavy atom. The van der Waals surface area contributed by atoms with Crippen molar-refractivity contribution in [3.8, 4) is 6.07 Å². The second-order valence-corrected chi connectivity index (χ2v) is 6.70. The van der Waals surface area contributed by atoms with Gasteiger partial charge in [0.15, 0.2) is 0 Å². The highest BCUT2D eigenvalue weighted by Crippen LogP contribution is 2.21. The molecule has 3 aromatic rings. The molecule has 0 radical (unpaired) electrons. The van der Waals surface area contributed by atoms with Crippen LogP contribution in [0.25, 0.3) is 0 Å². The number of nitriles is 1. The fourth-order valence-electron chi connectivity index (χ4n) is 2.72. The van der Waals surface area contributed by atoms with Crippen molar-refractivity contribution >= 4 is 23.1 Å². The summed E-state index contributed by atoms with van der Waals surface area (Å²) in [7, 11) is 0. The van der Waals surface area contributed by atoms with E-state index in [1.807, 2.05) is 12.1 Å². The lowest BCUT2D eigenvalue weighted by Gasteiger charge is -2.11. The Balaban J connectivity index is 1.81. The molecule has 0 unspecified atom stereocenters. The maximum Gasteiger partial charge on any atom is 0.274 e. The molecule has 0 saturated heterocycles. The molecular formula is C22H21N5O. The summed E-state index contributed by atoms with van der Waals surface area (Å²) in [5.74, 6) is 1.07. The van der Waals surface area contributed by atoms with E-state index in [9.17, 15) is 10.1 Å². The molecule has 6 heteroatoms. The molecule has 6 nitrogen and oxygen atoms in total. The molecular weight excluding hydrogens is 350 g/mol. The van der Waals surface area contributed by atoms with Crippen LogP contribution in [0.4, 0.5) is 17.2 Å². The number of rotatable bonds is 5. The molecule has 0 bridgehead atoms. The number of carbonyl (C=O) groups excluding carboxylic acids is 1. The minimum atomic E-state index is -0.397. The Labute approximate surface area is 164 Å². The maximum atomic E-state index is 12.6. The molecule has 0 saturated carbocycles. The van der Waals surface area contributed by atoms with Gasteiger partial charge in [-0.15, -0.1) is 0 Å². The van der Waals surface area contributed by atoms with Crippen LogP contribution in [0.3, 0.4) is 0 Å². The summed E-state index contributed by atoms with van der Waals surface area (Å²) < 4.78 is 0. The summed E-state index contributed by atoms with van der Waals surface area (Å²) in [5.41, 5.74) is 3.20. The Hall–Kier alpha value is -3.72. The van der Waals surface area contributed by atoms with E-state index < -0.39 is 5.91 Å². The zero-order chi connectivity index (χ0) is 20.1. The number of anilines is 3. The third kappa shape index (κ3) is 4.51. The molecule has 2 N–H and O–H groups in total. The number of aryl methyl sites for hydroxylation is 1. The number of hydrogen-bond donors (Lipinski definition) is 2. The first kappa shape index (κ1) is 19.1. The summed E-state index contributed by atoms with van der Waals surface area (Å²) in [6, 6.07) is 18.6. The molecule has 140 valence electrons.